The number of benzene rings is 1. The lowest BCUT2D eigenvalue weighted by molar-refractivity contribution is 0.133. The van der Waals surface area contributed by atoms with E-state index in [2.05, 4.69) is 16.6 Å². The third-order valence-corrected chi connectivity index (χ3v) is 4.91. The number of hydrogen-bond donors (Lipinski definition) is 2. The Hall–Kier alpha value is -2.09. The van der Waals surface area contributed by atoms with Crippen molar-refractivity contribution in [2.75, 3.05) is 37.0 Å². The zero-order valence-electron chi connectivity index (χ0n) is 14.2. The molecule has 136 valence electrons. The number of fused-ring (bicyclic) bond motifs is 1. The highest BCUT2D eigenvalue weighted by Crippen LogP contribution is 2.25. The Balaban J connectivity index is 1.57. The molecule has 0 atom stereocenters. The first-order valence-corrected chi connectivity index (χ1v) is 9.82. The van der Waals surface area contributed by atoms with E-state index in [-0.39, 0.29) is 6.04 Å². The van der Waals surface area contributed by atoms with Gasteiger partial charge < -0.3 is 24.5 Å². The van der Waals surface area contributed by atoms with Gasteiger partial charge in [0, 0.05) is 25.2 Å². The van der Waals surface area contributed by atoms with Crippen LogP contribution in [0.2, 0.25) is 0 Å². The molecule has 1 aromatic carbocycles. The maximum atomic E-state index is 10.9. The van der Waals surface area contributed by atoms with Gasteiger partial charge in [-0.15, -0.1) is 0 Å². The summed E-state index contributed by atoms with van der Waals surface area (Å²) in [6.07, 6.45) is 3.73. The van der Waals surface area contributed by atoms with Gasteiger partial charge in [-0.3, -0.25) is 0 Å². The standard InChI is InChI=1S/C17H23N3O4S/c1-25-10-2-9-23-13-3-4-15-14(11-13)19-16(24-15)18-12-5-7-20(8-6-12)17(21)22/h3-4,11-12H,2,5-10H2,1H3,(H,18,19)(H,21,22). The zero-order valence-corrected chi connectivity index (χ0v) is 15.1. The number of carboxylic acid groups (broad SMARTS) is 1. The summed E-state index contributed by atoms with van der Waals surface area (Å²) in [7, 11) is 0. The average Bonchev–Trinajstić information content (AvgIpc) is 3.00. The number of piperidine rings is 1. The first kappa shape index (κ1) is 17.7. The summed E-state index contributed by atoms with van der Waals surface area (Å²) in [5.74, 6) is 1.88. The number of nitrogens with zero attached hydrogens (tertiary/aromatic N) is 2. The van der Waals surface area contributed by atoms with Crippen LogP contribution in [0.5, 0.6) is 5.75 Å². The number of carbonyl (C=O) groups is 1. The van der Waals surface area contributed by atoms with Gasteiger partial charge in [0.25, 0.3) is 6.01 Å². The van der Waals surface area contributed by atoms with Crippen molar-refractivity contribution >= 4 is 35.0 Å². The first-order valence-electron chi connectivity index (χ1n) is 8.42. The first-order chi connectivity index (χ1) is 12.2. The fourth-order valence-electron chi connectivity index (χ4n) is 2.84. The smallest absolute Gasteiger partial charge is 0.407 e. The number of oxazole rings is 1. The van der Waals surface area contributed by atoms with Gasteiger partial charge in [-0.2, -0.15) is 16.7 Å². The molecule has 8 heteroatoms. The summed E-state index contributed by atoms with van der Waals surface area (Å²) in [5, 5.41) is 12.3. The molecule has 7 nitrogen and oxygen atoms in total. The van der Waals surface area contributed by atoms with Crippen molar-refractivity contribution in [2.45, 2.75) is 25.3 Å². The number of hydrogen-bond acceptors (Lipinski definition) is 6. The predicted octanol–water partition coefficient (Wildman–Crippen LogP) is 3.51. The molecule has 1 aromatic heterocycles. The van der Waals surface area contributed by atoms with Gasteiger partial charge in [-0.25, -0.2) is 4.79 Å². The van der Waals surface area contributed by atoms with Crippen LogP contribution in [0.4, 0.5) is 10.8 Å². The topological polar surface area (TPSA) is 87.8 Å². The summed E-state index contributed by atoms with van der Waals surface area (Å²) < 4.78 is 11.5. The van der Waals surface area contributed by atoms with Gasteiger partial charge >= 0.3 is 6.09 Å². The van der Waals surface area contributed by atoms with E-state index in [9.17, 15) is 4.79 Å². The second-order valence-electron chi connectivity index (χ2n) is 6.03. The summed E-state index contributed by atoms with van der Waals surface area (Å²) in [6, 6.07) is 6.29. The number of amides is 1. The van der Waals surface area contributed by atoms with Crippen molar-refractivity contribution in [1.82, 2.24) is 9.88 Å². The summed E-state index contributed by atoms with van der Waals surface area (Å²) >= 11 is 1.81. The number of thioether (sulfide) groups is 1. The minimum absolute atomic E-state index is 0.172. The molecule has 3 rings (SSSR count). The lowest BCUT2D eigenvalue weighted by Gasteiger charge is -2.29. The summed E-state index contributed by atoms with van der Waals surface area (Å²) in [5.41, 5.74) is 1.47. The summed E-state index contributed by atoms with van der Waals surface area (Å²) in [4.78, 5) is 16.9. The summed E-state index contributed by atoms with van der Waals surface area (Å²) in [6.45, 7) is 1.75. The Bertz CT molecular complexity index is 713. The van der Waals surface area contributed by atoms with Crippen molar-refractivity contribution in [1.29, 1.82) is 0 Å². The maximum absolute atomic E-state index is 10.9. The molecule has 2 aromatic rings. The molecule has 0 unspecified atom stereocenters. The van der Waals surface area contributed by atoms with E-state index in [4.69, 9.17) is 14.3 Å². The van der Waals surface area contributed by atoms with E-state index >= 15 is 0 Å². The van der Waals surface area contributed by atoms with Crippen molar-refractivity contribution in [3.8, 4) is 5.75 Å². The molecule has 1 aliphatic heterocycles. The molecule has 0 radical (unpaired) electrons. The number of anilines is 1. The lowest BCUT2D eigenvalue weighted by atomic mass is 10.1. The van der Waals surface area contributed by atoms with Gasteiger partial charge in [0.2, 0.25) is 0 Å². The van der Waals surface area contributed by atoms with Crippen LogP contribution in [-0.4, -0.2) is 58.8 Å². The van der Waals surface area contributed by atoms with Crippen molar-refractivity contribution < 1.29 is 19.1 Å². The Morgan fingerprint density at radius 3 is 3.00 bits per heavy atom. The highest BCUT2D eigenvalue weighted by atomic mass is 32.2. The van der Waals surface area contributed by atoms with E-state index in [0.717, 1.165) is 36.3 Å². The number of ether oxygens (including phenoxy) is 1. The monoisotopic (exact) mass is 365 g/mol. The van der Waals surface area contributed by atoms with Crippen molar-refractivity contribution in [3.63, 3.8) is 0 Å². The van der Waals surface area contributed by atoms with Crippen LogP contribution in [0.3, 0.4) is 0 Å². The zero-order chi connectivity index (χ0) is 17.6. The molecule has 2 N–H and O–H groups in total. The molecule has 0 aliphatic carbocycles. The third kappa shape index (κ3) is 4.72. The minimum Gasteiger partial charge on any atom is -0.493 e. The molecule has 25 heavy (non-hydrogen) atoms. The van der Waals surface area contributed by atoms with E-state index in [1.54, 1.807) is 0 Å². The Morgan fingerprint density at radius 2 is 2.28 bits per heavy atom. The third-order valence-electron chi connectivity index (χ3n) is 4.21. The van der Waals surface area contributed by atoms with Gasteiger partial charge in [0.05, 0.1) is 6.61 Å². The molecule has 0 saturated carbocycles. The molecule has 1 aliphatic rings. The molecule has 1 amide bonds. The largest absolute Gasteiger partial charge is 0.493 e. The van der Waals surface area contributed by atoms with Gasteiger partial charge in [-0.1, -0.05) is 0 Å². The molecule has 0 spiro atoms. The minimum atomic E-state index is -0.856. The van der Waals surface area contributed by atoms with Crippen LogP contribution in [0.1, 0.15) is 19.3 Å². The Labute approximate surface area is 150 Å². The van der Waals surface area contributed by atoms with E-state index in [1.807, 2.05) is 30.0 Å². The predicted molar refractivity (Wildman–Crippen MR) is 98.7 cm³/mol. The second-order valence-corrected chi connectivity index (χ2v) is 7.02. The normalized spacial score (nSPS) is 15.5. The molecular weight excluding hydrogens is 342 g/mol. The number of likely N-dealkylation sites (tertiary alicyclic amines) is 1. The van der Waals surface area contributed by atoms with Crippen LogP contribution >= 0.6 is 11.8 Å². The lowest BCUT2D eigenvalue weighted by Crippen LogP contribution is -2.41. The molecule has 2 heterocycles. The van der Waals surface area contributed by atoms with E-state index in [1.165, 1.54) is 4.90 Å². The number of rotatable bonds is 7. The van der Waals surface area contributed by atoms with Crippen LogP contribution in [0.25, 0.3) is 11.1 Å². The van der Waals surface area contributed by atoms with E-state index < -0.39 is 6.09 Å². The molecule has 1 saturated heterocycles. The van der Waals surface area contributed by atoms with Crippen LogP contribution in [0, 0.1) is 0 Å². The SMILES string of the molecule is CSCCCOc1ccc2oc(NC3CCN(C(=O)O)CC3)nc2c1. The Morgan fingerprint density at radius 1 is 1.48 bits per heavy atom. The van der Waals surface area contributed by atoms with E-state index in [0.29, 0.717) is 31.3 Å². The van der Waals surface area contributed by atoms with Crippen molar-refractivity contribution in [3.05, 3.63) is 18.2 Å². The van der Waals surface area contributed by atoms with Gasteiger partial charge in [-0.05, 0) is 43.4 Å². The fraction of sp³-hybridized carbons (Fsp3) is 0.529. The maximum Gasteiger partial charge on any atom is 0.407 e. The molecule has 0 bridgehead atoms. The van der Waals surface area contributed by atoms with Crippen LogP contribution < -0.4 is 10.1 Å². The fourth-order valence-corrected chi connectivity index (χ4v) is 3.25. The van der Waals surface area contributed by atoms with Gasteiger partial charge in [0.1, 0.15) is 11.3 Å². The molecule has 1 fully saturated rings. The Kier molecular flexibility index (Phi) is 5.91. The molecular formula is C17H23N3O4S. The van der Waals surface area contributed by atoms with Crippen LogP contribution in [-0.2, 0) is 0 Å². The van der Waals surface area contributed by atoms with Crippen LogP contribution in [0.15, 0.2) is 22.6 Å². The highest BCUT2D eigenvalue weighted by Gasteiger charge is 2.23. The number of aromatic nitrogens is 1. The highest BCUT2D eigenvalue weighted by molar-refractivity contribution is 7.98. The van der Waals surface area contributed by atoms with Crippen molar-refractivity contribution in [2.24, 2.45) is 0 Å². The second kappa shape index (κ2) is 8.33. The number of nitrogens with one attached hydrogen (secondary N) is 1. The van der Waals surface area contributed by atoms with Gasteiger partial charge in [0.15, 0.2) is 5.58 Å². The quantitative estimate of drug-likeness (QED) is 0.726. The average molecular weight is 365 g/mol.